The van der Waals surface area contributed by atoms with Crippen molar-refractivity contribution in [3.63, 3.8) is 0 Å². The van der Waals surface area contributed by atoms with Crippen molar-refractivity contribution in [2.24, 2.45) is 0 Å². The molecule has 5 nitrogen and oxygen atoms in total. The molecule has 1 unspecified atom stereocenters. The third kappa shape index (κ3) is 5.04. The highest BCUT2D eigenvalue weighted by molar-refractivity contribution is 5.97. The molecule has 0 heterocycles. The zero-order valence-electron chi connectivity index (χ0n) is 14.2. The highest BCUT2D eigenvalue weighted by Crippen LogP contribution is 2.20. The van der Waals surface area contributed by atoms with Crippen LogP contribution in [0.3, 0.4) is 0 Å². The number of nitrogens with two attached hydrogens (primary N) is 1. The lowest BCUT2D eigenvalue weighted by molar-refractivity contribution is -0.143. The topological polar surface area (TPSA) is 81.4 Å². The Hall–Kier alpha value is -2.89. The van der Waals surface area contributed by atoms with Gasteiger partial charge in [-0.25, -0.2) is 4.39 Å². The highest BCUT2D eigenvalue weighted by atomic mass is 19.1. The van der Waals surface area contributed by atoms with Crippen LogP contribution in [0.25, 0.3) is 0 Å². The summed E-state index contributed by atoms with van der Waals surface area (Å²) in [4.78, 5) is 24.5. The van der Waals surface area contributed by atoms with Crippen LogP contribution >= 0.6 is 0 Å². The van der Waals surface area contributed by atoms with Gasteiger partial charge in [0, 0.05) is 11.3 Å². The van der Waals surface area contributed by atoms with Crippen LogP contribution in [-0.4, -0.2) is 18.5 Å². The highest BCUT2D eigenvalue weighted by Gasteiger charge is 2.21. The van der Waals surface area contributed by atoms with E-state index in [0.29, 0.717) is 16.8 Å². The quantitative estimate of drug-likeness (QED) is 0.623. The Bertz CT molecular complexity index is 760. The number of nitrogen functional groups attached to an aromatic ring is 1. The van der Waals surface area contributed by atoms with E-state index in [-0.39, 0.29) is 18.9 Å². The molecule has 6 heteroatoms. The summed E-state index contributed by atoms with van der Waals surface area (Å²) in [5.74, 6) is -1.19. The molecule has 25 heavy (non-hydrogen) atoms. The molecule has 132 valence electrons. The van der Waals surface area contributed by atoms with E-state index in [2.05, 4.69) is 5.32 Å². The van der Waals surface area contributed by atoms with Crippen molar-refractivity contribution in [3.8, 4) is 0 Å². The maximum absolute atomic E-state index is 13.2. The minimum absolute atomic E-state index is 0.0490. The van der Waals surface area contributed by atoms with Gasteiger partial charge in [-0.1, -0.05) is 18.2 Å². The number of hydrogen-bond donors (Lipinski definition) is 2. The van der Waals surface area contributed by atoms with Crippen molar-refractivity contribution in [2.75, 3.05) is 12.3 Å². The molecule has 0 fully saturated rings. The van der Waals surface area contributed by atoms with Crippen molar-refractivity contribution in [2.45, 2.75) is 26.3 Å². The van der Waals surface area contributed by atoms with Gasteiger partial charge in [-0.05, 0) is 49.2 Å². The van der Waals surface area contributed by atoms with Gasteiger partial charge >= 0.3 is 5.97 Å². The minimum atomic E-state index is -0.631. The second-order valence-electron chi connectivity index (χ2n) is 5.66. The number of amides is 1. The Balaban J connectivity index is 2.25. The molecule has 0 aliphatic carbocycles. The van der Waals surface area contributed by atoms with Crippen LogP contribution in [0.2, 0.25) is 0 Å². The van der Waals surface area contributed by atoms with Crippen molar-refractivity contribution in [1.29, 1.82) is 0 Å². The molecule has 0 aromatic heterocycles. The number of esters is 1. The van der Waals surface area contributed by atoms with Crippen LogP contribution in [0.5, 0.6) is 0 Å². The van der Waals surface area contributed by atoms with E-state index >= 15 is 0 Å². The number of halogens is 1. The second-order valence-corrected chi connectivity index (χ2v) is 5.66. The number of rotatable bonds is 6. The molecule has 0 aliphatic rings. The van der Waals surface area contributed by atoms with E-state index in [1.165, 1.54) is 24.3 Å². The number of benzene rings is 2. The van der Waals surface area contributed by atoms with Crippen LogP contribution in [0.15, 0.2) is 42.5 Å². The smallest absolute Gasteiger partial charge is 0.308 e. The molecule has 2 rings (SSSR count). The number of aryl methyl sites for hydroxylation is 1. The van der Waals surface area contributed by atoms with Crippen molar-refractivity contribution >= 4 is 17.6 Å². The van der Waals surface area contributed by atoms with Crippen molar-refractivity contribution < 1.29 is 18.7 Å². The molecule has 0 radical (unpaired) electrons. The summed E-state index contributed by atoms with van der Waals surface area (Å²) in [6, 6.07) is 10.0. The molecule has 2 aromatic carbocycles. The fraction of sp³-hybridized carbons (Fsp3) is 0.263. The zero-order valence-corrected chi connectivity index (χ0v) is 14.2. The van der Waals surface area contributed by atoms with Crippen LogP contribution < -0.4 is 11.1 Å². The van der Waals surface area contributed by atoms with Gasteiger partial charge in [0.25, 0.3) is 5.91 Å². The normalized spacial score (nSPS) is 11.6. The van der Waals surface area contributed by atoms with Gasteiger partial charge in [0.15, 0.2) is 0 Å². The molecule has 0 saturated heterocycles. The van der Waals surface area contributed by atoms with Gasteiger partial charge in [0.2, 0.25) is 0 Å². The first kappa shape index (κ1) is 18.4. The largest absolute Gasteiger partial charge is 0.466 e. The minimum Gasteiger partial charge on any atom is -0.466 e. The SMILES string of the molecule is CCOC(=O)CC(NC(=O)c1cc(N)ccc1C)c1ccc(F)cc1. The van der Waals surface area contributed by atoms with Gasteiger partial charge in [-0.3, -0.25) is 9.59 Å². The zero-order chi connectivity index (χ0) is 18.4. The number of ether oxygens (including phenoxy) is 1. The first-order valence-corrected chi connectivity index (χ1v) is 7.98. The van der Waals surface area contributed by atoms with Crippen molar-refractivity contribution in [1.82, 2.24) is 5.32 Å². The van der Waals surface area contributed by atoms with Gasteiger partial charge < -0.3 is 15.8 Å². The molecular formula is C19H21FN2O3. The van der Waals surface area contributed by atoms with Crippen LogP contribution in [-0.2, 0) is 9.53 Å². The Morgan fingerprint density at radius 3 is 2.52 bits per heavy atom. The molecule has 0 spiro atoms. The monoisotopic (exact) mass is 344 g/mol. The molecule has 3 N–H and O–H groups in total. The number of carbonyl (C=O) groups excluding carboxylic acids is 2. The van der Waals surface area contributed by atoms with E-state index < -0.39 is 17.8 Å². The van der Waals surface area contributed by atoms with E-state index in [1.807, 2.05) is 0 Å². The van der Waals surface area contributed by atoms with Gasteiger partial charge in [0.05, 0.1) is 19.1 Å². The Kier molecular flexibility index (Phi) is 6.11. The summed E-state index contributed by atoms with van der Waals surface area (Å²) < 4.78 is 18.1. The molecule has 0 bridgehead atoms. The van der Waals surface area contributed by atoms with E-state index in [1.54, 1.807) is 32.0 Å². The summed E-state index contributed by atoms with van der Waals surface area (Å²) in [7, 11) is 0. The second kappa shape index (κ2) is 8.28. The Morgan fingerprint density at radius 2 is 1.88 bits per heavy atom. The lowest BCUT2D eigenvalue weighted by Crippen LogP contribution is -2.31. The number of carbonyl (C=O) groups is 2. The maximum atomic E-state index is 13.2. The van der Waals surface area contributed by atoms with Gasteiger partial charge in [-0.2, -0.15) is 0 Å². The Labute approximate surface area is 146 Å². The summed E-state index contributed by atoms with van der Waals surface area (Å²) in [5, 5.41) is 2.81. The summed E-state index contributed by atoms with van der Waals surface area (Å²) in [6.45, 7) is 3.75. The fourth-order valence-corrected chi connectivity index (χ4v) is 2.45. The first-order chi connectivity index (χ1) is 11.9. The molecule has 0 saturated carbocycles. The molecular weight excluding hydrogens is 323 g/mol. The summed E-state index contributed by atoms with van der Waals surface area (Å²) >= 11 is 0. The van der Waals surface area contributed by atoms with E-state index in [0.717, 1.165) is 5.56 Å². The van der Waals surface area contributed by atoms with E-state index in [9.17, 15) is 14.0 Å². The fourth-order valence-electron chi connectivity index (χ4n) is 2.45. The van der Waals surface area contributed by atoms with Gasteiger partial charge in [0.1, 0.15) is 5.82 Å². The van der Waals surface area contributed by atoms with Crippen LogP contribution in [0, 0.1) is 12.7 Å². The predicted octanol–water partition coefficient (Wildman–Crippen LogP) is 3.14. The number of anilines is 1. The van der Waals surface area contributed by atoms with Crippen molar-refractivity contribution in [3.05, 3.63) is 65.0 Å². The van der Waals surface area contributed by atoms with Crippen LogP contribution in [0.1, 0.15) is 40.9 Å². The lowest BCUT2D eigenvalue weighted by atomic mass is 10.0. The average molecular weight is 344 g/mol. The third-order valence-corrected chi connectivity index (χ3v) is 3.76. The number of hydrogen-bond acceptors (Lipinski definition) is 4. The molecule has 1 atom stereocenters. The van der Waals surface area contributed by atoms with Crippen LogP contribution in [0.4, 0.5) is 10.1 Å². The predicted molar refractivity (Wildman–Crippen MR) is 93.4 cm³/mol. The molecule has 0 aliphatic heterocycles. The standard InChI is InChI=1S/C19H21FN2O3/c1-3-25-18(23)11-17(13-5-7-14(20)8-6-13)22-19(24)16-10-15(21)9-4-12(16)2/h4-10,17H,3,11,21H2,1-2H3,(H,22,24). The average Bonchev–Trinajstić information content (AvgIpc) is 2.57. The molecule has 1 amide bonds. The Morgan fingerprint density at radius 1 is 1.20 bits per heavy atom. The maximum Gasteiger partial charge on any atom is 0.308 e. The lowest BCUT2D eigenvalue weighted by Gasteiger charge is -2.19. The third-order valence-electron chi connectivity index (χ3n) is 3.76. The first-order valence-electron chi connectivity index (χ1n) is 7.98. The molecule has 2 aromatic rings. The van der Waals surface area contributed by atoms with E-state index in [4.69, 9.17) is 10.5 Å². The summed E-state index contributed by atoms with van der Waals surface area (Å²) in [6.07, 6.45) is -0.0490. The van der Waals surface area contributed by atoms with Gasteiger partial charge in [-0.15, -0.1) is 0 Å². The summed E-state index contributed by atoms with van der Waals surface area (Å²) in [5.41, 5.74) is 8.03. The number of nitrogens with one attached hydrogen (secondary N) is 1.